The van der Waals surface area contributed by atoms with Crippen LogP contribution in [0.3, 0.4) is 0 Å². The highest BCUT2D eigenvalue weighted by molar-refractivity contribution is 5.08. The number of piperazine rings is 1. The summed E-state index contributed by atoms with van der Waals surface area (Å²) in [5.74, 6) is 7.43. The predicted molar refractivity (Wildman–Crippen MR) is 67.3 cm³/mol. The molecule has 0 aromatic rings. The number of hydrogen-bond acceptors (Lipinski definition) is 3. The van der Waals surface area contributed by atoms with Gasteiger partial charge in [-0.3, -0.25) is 4.90 Å². The third kappa shape index (κ3) is 3.48. The maximum absolute atomic E-state index is 3.44. The topological polar surface area (TPSA) is 18.5 Å². The fourth-order valence-electron chi connectivity index (χ4n) is 2.41. The number of hydrogen-bond donors (Lipinski definition) is 1. The second-order valence-corrected chi connectivity index (χ2v) is 4.73. The average molecular weight is 221 g/mol. The van der Waals surface area contributed by atoms with Gasteiger partial charge in [-0.2, -0.15) is 0 Å². The molecule has 0 aromatic carbocycles. The summed E-state index contributed by atoms with van der Waals surface area (Å²) >= 11 is 0. The molecule has 16 heavy (non-hydrogen) atoms. The first kappa shape index (κ1) is 11.9. The zero-order valence-corrected chi connectivity index (χ0v) is 10.3. The van der Waals surface area contributed by atoms with Crippen molar-refractivity contribution in [3.63, 3.8) is 0 Å². The van der Waals surface area contributed by atoms with Gasteiger partial charge in [0.1, 0.15) is 0 Å². The Labute approximate surface area is 99.2 Å². The lowest BCUT2D eigenvalue weighted by Gasteiger charge is -2.24. The molecule has 1 unspecified atom stereocenters. The molecule has 0 saturated carbocycles. The molecule has 3 nitrogen and oxygen atoms in total. The summed E-state index contributed by atoms with van der Waals surface area (Å²) in [6.45, 7) is 11.3. The molecule has 2 aliphatic heterocycles. The van der Waals surface area contributed by atoms with Gasteiger partial charge >= 0.3 is 0 Å². The van der Waals surface area contributed by atoms with Crippen molar-refractivity contribution in [2.75, 3.05) is 52.4 Å². The van der Waals surface area contributed by atoms with E-state index in [4.69, 9.17) is 0 Å². The van der Waals surface area contributed by atoms with E-state index >= 15 is 0 Å². The molecule has 90 valence electrons. The van der Waals surface area contributed by atoms with E-state index in [2.05, 4.69) is 33.9 Å². The predicted octanol–water partition coefficient (Wildman–Crippen LogP) is 0.237. The van der Waals surface area contributed by atoms with Crippen LogP contribution in [0.2, 0.25) is 0 Å². The van der Waals surface area contributed by atoms with Gasteiger partial charge in [0.15, 0.2) is 0 Å². The molecular weight excluding hydrogens is 198 g/mol. The third-order valence-corrected chi connectivity index (χ3v) is 3.54. The van der Waals surface area contributed by atoms with Gasteiger partial charge in [0.25, 0.3) is 0 Å². The van der Waals surface area contributed by atoms with Crippen LogP contribution in [-0.4, -0.2) is 62.2 Å². The Kier molecular flexibility index (Phi) is 4.65. The molecular formula is C13H23N3. The van der Waals surface area contributed by atoms with Crippen molar-refractivity contribution in [1.82, 2.24) is 15.1 Å². The minimum Gasteiger partial charge on any atom is -0.314 e. The summed E-state index contributed by atoms with van der Waals surface area (Å²) in [7, 11) is 0. The van der Waals surface area contributed by atoms with Gasteiger partial charge < -0.3 is 10.2 Å². The number of nitrogens with zero attached hydrogens (tertiary/aromatic N) is 2. The van der Waals surface area contributed by atoms with Crippen molar-refractivity contribution in [3.05, 3.63) is 0 Å². The fourth-order valence-corrected chi connectivity index (χ4v) is 2.41. The zero-order chi connectivity index (χ0) is 11.2. The van der Waals surface area contributed by atoms with Crippen molar-refractivity contribution < 1.29 is 0 Å². The van der Waals surface area contributed by atoms with Crippen molar-refractivity contribution in [2.24, 2.45) is 5.92 Å². The monoisotopic (exact) mass is 221 g/mol. The lowest BCUT2D eigenvalue weighted by Crippen LogP contribution is -2.43. The zero-order valence-electron chi connectivity index (χ0n) is 10.3. The SMILES string of the molecule is CCN1CCC(C#CCN2CCNCC2)C1. The van der Waals surface area contributed by atoms with Crippen molar-refractivity contribution in [2.45, 2.75) is 13.3 Å². The molecule has 0 spiro atoms. The number of rotatable bonds is 2. The normalized spacial score (nSPS) is 27.7. The molecule has 3 heteroatoms. The Balaban J connectivity index is 1.69. The standard InChI is InChI=1S/C13H23N3/c1-2-15-9-5-13(12-15)4-3-8-16-10-6-14-7-11-16/h13-14H,2,5-12H2,1H3. The summed E-state index contributed by atoms with van der Waals surface area (Å²) in [5, 5.41) is 3.36. The summed E-state index contributed by atoms with van der Waals surface area (Å²) < 4.78 is 0. The fraction of sp³-hybridized carbons (Fsp3) is 0.846. The van der Waals surface area contributed by atoms with Crippen LogP contribution in [0.15, 0.2) is 0 Å². The molecule has 1 atom stereocenters. The van der Waals surface area contributed by atoms with Gasteiger partial charge in [-0.15, -0.1) is 0 Å². The van der Waals surface area contributed by atoms with E-state index in [1.54, 1.807) is 0 Å². The highest BCUT2D eigenvalue weighted by Crippen LogP contribution is 2.14. The first-order valence-corrected chi connectivity index (χ1v) is 6.52. The van der Waals surface area contributed by atoms with E-state index in [-0.39, 0.29) is 0 Å². The molecule has 0 amide bonds. The third-order valence-electron chi connectivity index (χ3n) is 3.54. The van der Waals surface area contributed by atoms with E-state index in [0.29, 0.717) is 5.92 Å². The van der Waals surface area contributed by atoms with Crippen LogP contribution in [0, 0.1) is 17.8 Å². The first-order chi connectivity index (χ1) is 7.88. The number of likely N-dealkylation sites (tertiary alicyclic amines) is 1. The second-order valence-electron chi connectivity index (χ2n) is 4.73. The van der Waals surface area contributed by atoms with E-state index < -0.39 is 0 Å². The van der Waals surface area contributed by atoms with Crippen LogP contribution >= 0.6 is 0 Å². The molecule has 0 bridgehead atoms. The van der Waals surface area contributed by atoms with Crippen molar-refractivity contribution >= 4 is 0 Å². The Hall–Kier alpha value is -0.560. The first-order valence-electron chi connectivity index (χ1n) is 6.52. The van der Waals surface area contributed by atoms with Crippen LogP contribution in [-0.2, 0) is 0 Å². The molecule has 2 aliphatic rings. The van der Waals surface area contributed by atoms with E-state index in [1.165, 1.54) is 26.1 Å². The average Bonchev–Trinajstić information content (AvgIpc) is 2.78. The Morgan fingerprint density at radius 2 is 2.00 bits per heavy atom. The van der Waals surface area contributed by atoms with E-state index in [1.807, 2.05) is 0 Å². The lowest BCUT2D eigenvalue weighted by atomic mass is 10.1. The summed E-state index contributed by atoms with van der Waals surface area (Å²) in [4.78, 5) is 4.93. The Morgan fingerprint density at radius 1 is 1.19 bits per heavy atom. The van der Waals surface area contributed by atoms with Crippen molar-refractivity contribution in [3.8, 4) is 11.8 Å². The minimum absolute atomic E-state index is 0.628. The van der Waals surface area contributed by atoms with Crippen molar-refractivity contribution in [1.29, 1.82) is 0 Å². The molecule has 2 fully saturated rings. The summed E-state index contributed by atoms with van der Waals surface area (Å²) in [5.41, 5.74) is 0. The molecule has 0 aromatic heterocycles. The summed E-state index contributed by atoms with van der Waals surface area (Å²) in [6.07, 6.45) is 1.27. The maximum atomic E-state index is 3.44. The highest BCUT2D eigenvalue weighted by Gasteiger charge is 2.18. The van der Waals surface area contributed by atoms with Crippen LogP contribution in [0.4, 0.5) is 0 Å². The molecule has 0 aliphatic carbocycles. The van der Waals surface area contributed by atoms with Gasteiger partial charge in [-0.1, -0.05) is 18.8 Å². The van der Waals surface area contributed by atoms with Gasteiger partial charge in [-0.05, 0) is 19.5 Å². The molecule has 1 N–H and O–H groups in total. The van der Waals surface area contributed by atoms with Crippen LogP contribution in [0.5, 0.6) is 0 Å². The van der Waals surface area contributed by atoms with E-state index in [0.717, 1.165) is 32.7 Å². The van der Waals surface area contributed by atoms with Gasteiger partial charge in [0, 0.05) is 38.6 Å². The highest BCUT2D eigenvalue weighted by atomic mass is 15.2. The lowest BCUT2D eigenvalue weighted by molar-refractivity contribution is 0.268. The second kappa shape index (κ2) is 6.24. The molecule has 0 radical (unpaired) electrons. The van der Waals surface area contributed by atoms with Crippen LogP contribution in [0.1, 0.15) is 13.3 Å². The Bertz CT molecular complexity index is 260. The Morgan fingerprint density at radius 3 is 2.69 bits per heavy atom. The molecule has 2 heterocycles. The van der Waals surface area contributed by atoms with Gasteiger partial charge in [-0.25, -0.2) is 0 Å². The summed E-state index contributed by atoms with van der Waals surface area (Å²) in [6, 6.07) is 0. The van der Waals surface area contributed by atoms with Gasteiger partial charge in [0.05, 0.1) is 6.54 Å². The smallest absolute Gasteiger partial charge is 0.0602 e. The molecule has 2 rings (SSSR count). The minimum atomic E-state index is 0.628. The quantitative estimate of drug-likeness (QED) is 0.674. The van der Waals surface area contributed by atoms with E-state index in [9.17, 15) is 0 Å². The molecule has 2 saturated heterocycles. The number of nitrogens with one attached hydrogen (secondary N) is 1. The maximum Gasteiger partial charge on any atom is 0.0602 e. The largest absolute Gasteiger partial charge is 0.314 e. The van der Waals surface area contributed by atoms with Crippen LogP contribution in [0.25, 0.3) is 0 Å². The van der Waals surface area contributed by atoms with Gasteiger partial charge in [0.2, 0.25) is 0 Å². The van der Waals surface area contributed by atoms with Crippen LogP contribution < -0.4 is 5.32 Å².